The van der Waals surface area contributed by atoms with Gasteiger partial charge in [0.05, 0.1) is 5.56 Å². The van der Waals surface area contributed by atoms with Crippen LogP contribution in [-0.4, -0.2) is 11.8 Å². The van der Waals surface area contributed by atoms with E-state index in [-0.39, 0.29) is 11.7 Å². The van der Waals surface area contributed by atoms with Crippen LogP contribution in [0.1, 0.15) is 62.7 Å². The molecule has 3 N–H and O–H groups in total. The number of amides is 2. The number of aryl methyl sites for hydroxylation is 2. The number of furan rings is 1. The van der Waals surface area contributed by atoms with Crippen LogP contribution in [0.5, 0.6) is 0 Å². The number of benzene rings is 1. The summed E-state index contributed by atoms with van der Waals surface area (Å²) in [6.07, 6.45) is 3.69. The maximum Gasteiger partial charge on any atom is 0.292 e. The molecule has 0 radical (unpaired) electrons. The minimum absolute atomic E-state index is 0.276. The van der Waals surface area contributed by atoms with E-state index in [0.717, 1.165) is 47.1 Å². The van der Waals surface area contributed by atoms with Crippen molar-refractivity contribution in [3.05, 3.63) is 51.1 Å². The number of carbonyl (C=O) groups excluding carboxylic acids is 2. The normalized spacial score (nSPS) is 16.2. The minimum atomic E-state index is -0.490. The van der Waals surface area contributed by atoms with Gasteiger partial charge in [0.25, 0.3) is 11.8 Å². The van der Waals surface area contributed by atoms with E-state index in [2.05, 4.69) is 25.2 Å². The highest BCUT2D eigenvalue weighted by Gasteiger charge is 2.28. The average Bonchev–Trinajstić information content (AvgIpc) is 3.18. The van der Waals surface area contributed by atoms with Crippen molar-refractivity contribution in [3.8, 4) is 0 Å². The molecule has 3 aromatic rings. The SMILES string of the molecule is CCc1ccc2oc(C(=O)Nc3sc4c(c3C(N)=O)CCC(C)C4)c(C)c2c1. The number of carbonyl (C=O) groups is 2. The number of fused-ring (bicyclic) bond motifs is 2. The molecular weight excluding hydrogens is 372 g/mol. The fourth-order valence-corrected chi connectivity index (χ4v) is 5.38. The number of anilines is 1. The van der Waals surface area contributed by atoms with Gasteiger partial charge in [-0.1, -0.05) is 19.9 Å². The zero-order chi connectivity index (χ0) is 20.0. The fraction of sp³-hybridized carbons (Fsp3) is 0.364. The van der Waals surface area contributed by atoms with Gasteiger partial charge in [-0.05, 0) is 61.8 Å². The quantitative estimate of drug-likeness (QED) is 0.661. The first-order valence-electron chi connectivity index (χ1n) is 9.66. The Morgan fingerprint density at radius 3 is 2.86 bits per heavy atom. The number of hydrogen-bond acceptors (Lipinski definition) is 4. The molecule has 0 fully saturated rings. The van der Waals surface area contributed by atoms with Crippen molar-refractivity contribution in [1.82, 2.24) is 0 Å². The van der Waals surface area contributed by atoms with E-state index in [1.807, 2.05) is 19.1 Å². The molecule has 0 saturated heterocycles. The maximum absolute atomic E-state index is 13.0. The summed E-state index contributed by atoms with van der Waals surface area (Å²) in [5.41, 5.74) is 9.80. The molecule has 1 aliphatic rings. The Morgan fingerprint density at radius 2 is 2.14 bits per heavy atom. The van der Waals surface area contributed by atoms with Gasteiger partial charge in [0.1, 0.15) is 10.6 Å². The van der Waals surface area contributed by atoms with Crippen LogP contribution in [0.2, 0.25) is 0 Å². The van der Waals surface area contributed by atoms with Crippen molar-refractivity contribution in [2.75, 3.05) is 5.32 Å². The van der Waals surface area contributed by atoms with Gasteiger partial charge >= 0.3 is 0 Å². The highest BCUT2D eigenvalue weighted by Crippen LogP contribution is 2.40. The summed E-state index contributed by atoms with van der Waals surface area (Å²) in [6.45, 7) is 6.18. The lowest BCUT2D eigenvalue weighted by molar-refractivity contribution is 0.0998. The standard InChI is InChI=1S/C22H24N2O3S/c1-4-13-6-8-16-15(10-13)12(3)19(27-16)21(26)24-22-18(20(23)25)14-7-5-11(2)9-17(14)28-22/h6,8,10-11H,4-5,7,9H2,1-3H3,(H2,23,25)(H,24,26). The van der Waals surface area contributed by atoms with Gasteiger partial charge in [-0.15, -0.1) is 11.3 Å². The van der Waals surface area contributed by atoms with Crippen LogP contribution < -0.4 is 11.1 Å². The smallest absolute Gasteiger partial charge is 0.292 e. The lowest BCUT2D eigenvalue weighted by Crippen LogP contribution is -2.19. The van der Waals surface area contributed by atoms with Gasteiger partial charge in [0, 0.05) is 15.8 Å². The van der Waals surface area contributed by atoms with Gasteiger partial charge in [-0.25, -0.2) is 0 Å². The van der Waals surface area contributed by atoms with Crippen molar-refractivity contribution < 1.29 is 14.0 Å². The molecule has 4 rings (SSSR count). The predicted molar refractivity (Wildman–Crippen MR) is 112 cm³/mol. The third-order valence-electron chi connectivity index (χ3n) is 5.60. The Labute approximate surface area is 167 Å². The van der Waals surface area contributed by atoms with E-state index in [1.54, 1.807) is 0 Å². The van der Waals surface area contributed by atoms with Crippen molar-refractivity contribution in [1.29, 1.82) is 0 Å². The summed E-state index contributed by atoms with van der Waals surface area (Å²) in [5, 5.41) is 4.37. The number of hydrogen-bond donors (Lipinski definition) is 2. The first-order chi connectivity index (χ1) is 13.4. The van der Waals surface area contributed by atoms with Crippen LogP contribution in [0, 0.1) is 12.8 Å². The lowest BCUT2D eigenvalue weighted by Gasteiger charge is -2.18. The van der Waals surface area contributed by atoms with Crippen LogP contribution >= 0.6 is 11.3 Å². The van der Waals surface area contributed by atoms with Crippen molar-refractivity contribution >= 4 is 39.1 Å². The highest BCUT2D eigenvalue weighted by atomic mass is 32.1. The second-order valence-corrected chi connectivity index (χ2v) is 8.72. The summed E-state index contributed by atoms with van der Waals surface area (Å²) in [6, 6.07) is 5.97. The molecule has 1 aromatic carbocycles. The van der Waals surface area contributed by atoms with E-state index in [1.165, 1.54) is 16.9 Å². The van der Waals surface area contributed by atoms with E-state index in [9.17, 15) is 9.59 Å². The monoisotopic (exact) mass is 396 g/mol. The fourth-order valence-electron chi connectivity index (χ4n) is 3.96. The van der Waals surface area contributed by atoms with E-state index >= 15 is 0 Å². The molecule has 5 nitrogen and oxygen atoms in total. The molecule has 2 heterocycles. The van der Waals surface area contributed by atoms with Crippen LogP contribution in [0.3, 0.4) is 0 Å². The summed E-state index contributed by atoms with van der Waals surface area (Å²) in [5.74, 6) is 0.0105. The topological polar surface area (TPSA) is 85.3 Å². The summed E-state index contributed by atoms with van der Waals surface area (Å²) >= 11 is 1.46. The predicted octanol–water partition coefficient (Wildman–Crippen LogP) is 4.84. The van der Waals surface area contributed by atoms with Gasteiger partial charge < -0.3 is 15.5 Å². The number of primary amides is 1. The molecule has 2 aromatic heterocycles. The van der Waals surface area contributed by atoms with Crippen molar-refractivity contribution in [2.45, 2.75) is 46.5 Å². The Bertz CT molecular complexity index is 1090. The van der Waals surface area contributed by atoms with Crippen LogP contribution in [0.15, 0.2) is 22.6 Å². The number of rotatable bonds is 4. The molecule has 1 atom stereocenters. The van der Waals surface area contributed by atoms with Crippen LogP contribution in [0.25, 0.3) is 11.0 Å². The molecule has 28 heavy (non-hydrogen) atoms. The molecule has 0 spiro atoms. The maximum atomic E-state index is 13.0. The lowest BCUT2D eigenvalue weighted by atomic mass is 9.88. The summed E-state index contributed by atoms with van der Waals surface area (Å²) in [7, 11) is 0. The molecule has 0 aliphatic heterocycles. The van der Waals surface area contributed by atoms with Gasteiger partial charge in [0.2, 0.25) is 0 Å². The zero-order valence-corrected chi connectivity index (χ0v) is 17.2. The zero-order valence-electron chi connectivity index (χ0n) is 16.3. The molecule has 146 valence electrons. The van der Waals surface area contributed by atoms with Crippen LogP contribution in [0.4, 0.5) is 5.00 Å². The summed E-state index contributed by atoms with van der Waals surface area (Å²) in [4.78, 5) is 26.2. The Hall–Kier alpha value is -2.60. The van der Waals surface area contributed by atoms with Crippen LogP contribution in [-0.2, 0) is 19.3 Å². The minimum Gasteiger partial charge on any atom is -0.451 e. The average molecular weight is 397 g/mol. The van der Waals surface area contributed by atoms with E-state index in [0.29, 0.717) is 22.1 Å². The highest BCUT2D eigenvalue weighted by molar-refractivity contribution is 7.17. The molecular formula is C22H24N2O3S. The molecule has 0 bridgehead atoms. The second kappa shape index (κ2) is 7.09. The summed E-state index contributed by atoms with van der Waals surface area (Å²) < 4.78 is 5.83. The molecule has 1 aliphatic carbocycles. The third-order valence-corrected chi connectivity index (χ3v) is 6.77. The van der Waals surface area contributed by atoms with E-state index in [4.69, 9.17) is 10.2 Å². The first kappa shape index (κ1) is 18.7. The Morgan fingerprint density at radius 1 is 1.36 bits per heavy atom. The third kappa shape index (κ3) is 3.11. The number of nitrogens with one attached hydrogen (secondary N) is 1. The number of thiophene rings is 1. The first-order valence-corrected chi connectivity index (χ1v) is 10.5. The van der Waals surface area contributed by atoms with Crippen molar-refractivity contribution in [2.24, 2.45) is 11.7 Å². The van der Waals surface area contributed by atoms with Gasteiger partial charge in [-0.3, -0.25) is 9.59 Å². The molecule has 0 saturated carbocycles. The van der Waals surface area contributed by atoms with Gasteiger partial charge in [0.15, 0.2) is 5.76 Å². The number of nitrogens with two attached hydrogens (primary N) is 1. The van der Waals surface area contributed by atoms with Crippen molar-refractivity contribution in [3.63, 3.8) is 0 Å². The van der Waals surface area contributed by atoms with E-state index < -0.39 is 5.91 Å². The Balaban J connectivity index is 1.70. The molecule has 6 heteroatoms. The molecule has 2 amide bonds. The largest absolute Gasteiger partial charge is 0.451 e. The Kier molecular flexibility index (Phi) is 4.75. The second-order valence-electron chi connectivity index (χ2n) is 7.61. The van der Waals surface area contributed by atoms with Gasteiger partial charge in [-0.2, -0.15) is 0 Å². The molecule has 1 unspecified atom stereocenters.